The predicted molar refractivity (Wildman–Crippen MR) is 115 cm³/mol. The number of piperidine rings is 1. The second-order valence-corrected chi connectivity index (χ2v) is 8.47. The maximum Gasteiger partial charge on any atom is 0.219 e. The summed E-state index contributed by atoms with van der Waals surface area (Å²) in [6, 6.07) is 8.00. The molecule has 1 amide bonds. The van der Waals surface area contributed by atoms with Gasteiger partial charge >= 0.3 is 0 Å². The van der Waals surface area contributed by atoms with Gasteiger partial charge in [-0.1, -0.05) is 0 Å². The van der Waals surface area contributed by atoms with Crippen LogP contribution in [0.15, 0.2) is 36.7 Å². The summed E-state index contributed by atoms with van der Waals surface area (Å²) in [5, 5.41) is 0. The molecule has 0 spiro atoms. The molecule has 0 N–H and O–H groups in total. The SMILES string of the molecule is COc1ccc2c(c1)CN(C(C)=O)C[C@@H]([C@H]1CCCN(Cc3ccncc3C)C1)O2. The van der Waals surface area contributed by atoms with Crippen LogP contribution >= 0.6 is 0 Å². The summed E-state index contributed by atoms with van der Waals surface area (Å²) in [4.78, 5) is 20.9. The van der Waals surface area contributed by atoms with E-state index < -0.39 is 0 Å². The smallest absolute Gasteiger partial charge is 0.219 e. The van der Waals surface area contributed by atoms with Crippen molar-refractivity contribution in [3.63, 3.8) is 0 Å². The Morgan fingerprint density at radius 1 is 1.30 bits per heavy atom. The molecule has 6 heteroatoms. The van der Waals surface area contributed by atoms with Crippen molar-refractivity contribution < 1.29 is 14.3 Å². The first kappa shape index (κ1) is 20.7. The lowest BCUT2D eigenvalue weighted by molar-refractivity contribution is -0.130. The van der Waals surface area contributed by atoms with Gasteiger partial charge in [-0.05, 0) is 61.7 Å². The summed E-state index contributed by atoms with van der Waals surface area (Å²) in [7, 11) is 1.66. The maximum absolute atomic E-state index is 12.3. The van der Waals surface area contributed by atoms with E-state index in [1.807, 2.05) is 35.5 Å². The molecule has 0 aliphatic carbocycles. The van der Waals surface area contributed by atoms with Crippen molar-refractivity contribution in [2.75, 3.05) is 26.7 Å². The fourth-order valence-electron chi connectivity index (χ4n) is 4.55. The number of likely N-dealkylation sites (tertiary alicyclic amines) is 1. The van der Waals surface area contributed by atoms with Crippen LogP contribution in [-0.4, -0.2) is 53.5 Å². The topological polar surface area (TPSA) is 54.9 Å². The van der Waals surface area contributed by atoms with E-state index in [0.717, 1.165) is 49.5 Å². The van der Waals surface area contributed by atoms with Crippen LogP contribution in [0.25, 0.3) is 0 Å². The molecule has 30 heavy (non-hydrogen) atoms. The Bertz CT molecular complexity index is 901. The molecule has 2 aromatic rings. The van der Waals surface area contributed by atoms with Gasteiger partial charge < -0.3 is 14.4 Å². The number of fused-ring (bicyclic) bond motifs is 1. The van der Waals surface area contributed by atoms with Gasteiger partial charge in [0.1, 0.15) is 17.6 Å². The Labute approximate surface area is 178 Å². The number of pyridine rings is 1. The van der Waals surface area contributed by atoms with E-state index in [4.69, 9.17) is 9.47 Å². The number of aryl methyl sites for hydroxylation is 1. The van der Waals surface area contributed by atoms with Crippen LogP contribution in [0.5, 0.6) is 11.5 Å². The first-order valence-electron chi connectivity index (χ1n) is 10.7. The van der Waals surface area contributed by atoms with E-state index >= 15 is 0 Å². The van der Waals surface area contributed by atoms with Gasteiger partial charge in [-0.15, -0.1) is 0 Å². The standard InChI is InChI=1S/C24H31N3O3/c1-17-12-25-9-8-19(17)13-26-10-4-5-20(14-26)24-16-27(18(2)28)15-21-11-22(29-3)6-7-23(21)30-24/h6-9,11-12,20,24H,4-5,10,13-16H2,1-3H3/t20-,24-/m0/s1. The first-order chi connectivity index (χ1) is 14.5. The minimum atomic E-state index is -0.00937. The Kier molecular flexibility index (Phi) is 6.23. The maximum atomic E-state index is 12.3. The van der Waals surface area contributed by atoms with Crippen LogP contribution in [0.3, 0.4) is 0 Å². The summed E-state index contributed by atoms with van der Waals surface area (Å²) in [6.45, 7) is 7.94. The summed E-state index contributed by atoms with van der Waals surface area (Å²) in [6.07, 6.45) is 6.05. The van der Waals surface area contributed by atoms with E-state index in [2.05, 4.69) is 22.9 Å². The molecule has 2 aliphatic heterocycles. The van der Waals surface area contributed by atoms with Gasteiger partial charge in [-0.25, -0.2) is 0 Å². The summed E-state index contributed by atoms with van der Waals surface area (Å²) in [5.74, 6) is 2.12. The predicted octanol–water partition coefficient (Wildman–Crippen LogP) is 3.42. The normalized spacial score (nSPS) is 22.0. The number of benzene rings is 1. The third-order valence-electron chi connectivity index (χ3n) is 6.35. The van der Waals surface area contributed by atoms with Crippen LogP contribution in [-0.2, 0) is 17.9 Å². The van der Waals surface area contributed by atoms with Crippen molar-refractivity contribution in [3.05, 3.63) is 53.3 Å². The van der Waals surface area contributed by atoms with Crippen molar-refractivity contribution in [2.24, 2.45) is 5.92 Å². The second-order valence-electron chi connectivity index (χ2n) is 8.47. The number of amides is 1. The Hall–Kier alpha value is -2.60. The molecule has 4 rings (SSSR count). The molecule has 2 aliphatic rings. The zero-order valence-electron chi connectivity index (χ0n) is 18.1. The summed E-state index contributed by atoms with van der Waals surface area (Å²) in [5.41, 5.74) is 3.57. The number of hydrogen-bond donors (Lipinski definition) is 0. The zero-order valence-corrected chi connectivity index (χ0v) is 18.1. The van der Waals surface area contributed by atoms with Crippen LogP contribution in [0.2, 0.25) is 0 Å². The molecule has 0 bridgehead atoms. The van der Waals surface area contributed by atoms with Crippen molar-refractivity contribution in [2.45, 2.75) is 45.9 Å². The monoisotopic (exact) mass is 409 g/mol. The van der Waals surface area contributed by atoms with Crippen molar-refractivity contribution in [3.8, 4) is 11.5 Å². The highest BCUT2D eigenvalue weighted by molar-refractivity contribution is 5.73. The molecular weight excluding hydrogens is 378 g/mol. The number of carbonyl (C=O) groups excluding carboxylic acids is 1. The molecule has 6 nitrogen and oxygen atoms in total. The van der Waals surface area contributed by atoms with E-state index in [-0.39, 0.29) is 12.0 Å². The molecule has 1 saturated heterocycles. The van der Waals surface area contributed by atoms with E-state index in [1.54, 1.807) is 14.0 Å². The minimum absolute atomic E-state index is 0.00937. The number of nitrogens with zero attached hydrogens (tertiary/aromatic N) is 3. The molecule has 1 aromatic carbocycles. The van der Waals surface area contributed by atoms with Crippen LogP contribution in [0.1, 0.15) is 36.5 Å². The van der Waals surface area contributed by atoms with Gasteiger partial charge in [0, 0.05) is 50.4 Å². The number of rotatable bonds is 4. The molecule has 1 aromatic heterocycles. The molecular formula is C24H31N3O3. The fraction of sp³-hybridized carbons (Fsp3) is 0.500. The molecule has 160 valence electrons. The number of methoxy groups -OCH3 is 1. The average Bonchev–Trinajstić information content (AvgIpc) is 2.95. The van der Waals surface area contributed by atoms with Gasteiger partial charge in [0.15, 0.2) is 0 Å². The van der Waals surface area contributed by atoms with Gasteiger partial charge in [-0.3, -0.25) is 14.7 Å². The largest absolute Gasteiger partial charge is 0.497 e. The van der Waals surface area contributed by atoms with Crippen LogP contribution in [0.4, 0.5) is 0 Å². The molecule has 0 unspecified atom stereocenters. The van der Waals surface area contributed by atoms with E-state index in [1.165, 1.54) is 11.1 Å². The average molecular weight is 410 g/mol. The van der Waals surface area contributed by atoms with Gasteiger partial charge in [0.25, 0.3) is 0 Å². The molecule has 0 radical (unpaired) electrons. The quantitative estimate of drug-likeness (QED) is 0.775. The molecule has 3 heterocycles. The zero-order chi connectivity index (χ0) is 21.1. The minimum Gasteiger partial charge on any atom is -0.497 e. The number of hydrogen-bond acceptors (Lipinski definition) is 5. The van der Waals surface area contributed by atoms with Crippen molar-refractivity contribution >= 4 is 5.91 Å². The molecule has 2 atom stereocenters. The molecule has 1 fully saturated rings. The highest BCUT2D eigenvalue weighted by Gasteiger charge is 2.33. The summed E-state index contributed by atoms with van der Waals surface area (Å²) < 4.78 is 11.9. The van der Waals surface area contributed by atoms with Crippen LogP contribution in [0, 0.1) is 12.8 Å². The molecule has 0 saturated carbocycles. The van der Waals surface area contributed by atoms with Gasteiger partial charge in [-0.2, -0.15) is 0 Å². The Morgan fingerprint density at radius 2 is 2.17 bits per heavy atom. The Balaban J connectivity index is 1.52. The third-order valence-corrected chi connectivity index (χ3v) is 6.35. The van der Waals surface area contributed by atoms with Crippen molar-refractivity contribution in [1.82, 2.24) is 14.8 Å². The van der Waals surface area contributed by atoms with Crippen LogP contribution < -0.4 is 9.47 Å². The van der Waals surface area contributed by atoms with Crippen molar-refractivity contribution in [1.29, 1.82) is 0 Å². The second kappa shape index (κ2) is 9.04. The lowest BCUT2D eigenvalue weighted by Crippen LogP contribution is -2.46. The van der Waals surface area contributed by atoms with Gasteiger partial charge in [0.05, 0.1) is 13.7 Å². The highest BCUT2D eigenvalue weighted by atomic mass is 16.5. The lowest BCUT2D eigenvalue weighted by atomic mass is 9.91. The summed E-state index contributed by atoms with van der Waals surface area (Å²) >= 11 is 0. The van der Waals surface area contributed by atoms with E-state index in [9.17, 15) is 4.79 Å². The first-order valence-corrected chi connectivity index (χ1v) is 10.7. The highest BCUT2D eigenvalue weighted by Crippen LogP contribution is 2.33. The number of aromatic nitrogens is 1. The fourth-order valence-corrected chi connectivity index (χ4v) is 4.55. The third kappa shape index (κ3) is 4.59. The number of carbonyl (C=O) groups is 1. The Morgan fingerprint density at radius 3 is 2.93 bits per heavy atom. The van der Waals surface area contributed by atoms with E-state index in [0.29, 0.717) is 19.0 Å². The number of ether oxygens (including phenoxy) is 2. The van der Waals surface area contributed by atoms with Gasteiger partial charge in [0.2, 0.25) is 5.91 Å². The lowest BCUT2D eigenvalue weighted by Gasteiger charge is -2.37.